The second kappa shape index (κ2) is 7.39. The minimum absolute atomic E-state index is 0.0189. The summed E-state index contributed by atoms with van der Waals surface area (Å²) in [6.07, 6.45) is 1.38. The molecule has 7 heteroatoms. The fourth-order valence-corrected chi connectivity index (χ4v) is 3.99. The van der Waals surface area contributed by atoms with Crippen molar-refractivity contribution in [1.82, 2.24) is 9.78 Å². The lowest BCUT2D eigenvalue weighted by molar-refractivity contribution is 0.603. The molecule has 0 aliphatic heterocycles. The molecule has 27 heavy (non-hydrogen) atoms. The van der Waals surface area contributed by atoms with Crippen molar-refractivity contribution in [2.24, 2.45) is 0 Å². The number of hydrogen-bond donors (Lipinski definition) is 0. The highest BCUT2D eigenvalue weighted by Gasteiger charge is 2.22. The Morgan fingerprint density at radius 1 is 1.11 bits per heavy atom. The zero-order chi connectivity index (χ0) is 19.6. The lowest BCUT2D eigenvalue weighted by Crippen LogP contribution is -2.04. The van der Waals surface area contributed by atoms with Crippen molar-refractivity contribution < 1.29 is 8.42 Å². The van der Waals surface area contributed by atoms with Crippen LogP contribution in [0, 0.1) is 25.2 Å². The van der Waals surface area contributed by atoms with E-state index in [4.69, 9.17) is 11.6 Å². The van der Waals surface area contributed by atoms with Crippen LogP contribution in [0.4, 0.5) is 0 Å². The van der Waals surface area contributed by atoms with Gasteiger partial charge in [-0.15, -0.1) is 0 Å². The predicted octanol–water partition coefficient (Wildman–Crippen LogP) is 4.48. The monoisotopic (exact) mass is 397 g/mol. The average molecular weight is 398 g/mol. The van der Waals surface area contributed by atoms with E-state index in [1.54, 1.807) is 11.6 Å². The molecule has 0 aliphatic rings. The second-order valence-corrected chi connectivity index (χ2v) is 8.26. The summed E-state index contributed by atoms with van der Waals surface area (Å²) in [4.78, 5) is -0.325. The molecule has 0 aliphatic carbocycles. The summed E-state index contributed by atoms with van der Waals surface area (Å²) in [6, 6.07) is 17.0. The molecular weight excluding hydrogens is 382 g/mol. The van der Waals surface area contributed by atoms with E-state index in [0.29, 0.717) is 16.3 Å². The zero-order valence-electron chi connectivity index (χ0n) is 14.7. The smallest absolute Gasteiger partial charge is 0.216 e. The minimum Gasteiger partial charge on any atom is -0.237 e. The van der Waals surface area contributed by atoms with Gasteiger partial charge in [0.1, 0.15) is 11.0 Å². The Labute approximate surface area is 163 Å². The molecule has 3 aromatic rings. The number of nitrogens with zero attached hydrogens (tertiary/aromatic N) is 3. The number of hydrogen-bond acceptors (Lipinski definition) is 4. The fourth-order valence-electron chi connectivity index (χ4n) is 2.73. The second-order valence-electron chi connectivity index (χ2n) is 5.91. The molecule has 0 atom stereocenters. The van der Waals surface area contributed by atoms with Gasteiger partial charge in [-0.05, 0) is 56.3 Å². The molecule has 0 N–H and O–H groups in total. The van der Waals surface area contributed by atoms with E-state index < -0.39 is 9.84 Å². The summed E-state index contributed by atoms with van der Waals surface area (Å²) in [5.41, 5.74) is 2.85. The molecule has 0 spiro atoms. The van der Waals surface area contributed by atoms with Gasteiger partial charge in [0.15, 0.2) is 0 Å². The Morgan fingerprint density at radius 2 is 1.74 bits per heavy atom. The van der Waals surface area contributed by atoms with Gasteiger partial charge in [-0.2, -0.15) is 10.4 Å². The van der Waals surface area contributed by atoms with Crippen LogP contribution in [0.3, 0.4) is 0 Å². The van der Waals surface area contributed by atoms with E-state index in [0.717, 1.165) is 11.4 Å². The van der Waals surface area contributed by atoms with Crippen LogP contribution in [-0.4, -0.2) is 18.2 Å². The van der Waals surface area contributed by atoms with Crippen LogP contribution >= 0.6 is 11.6 Å². The molecule has 0 amide bonds. The lowest BCUT2D eigenvalue weighted by Gasteiger charge is -2.05. The first-order valence-electron chi connectivity index (χ1n) is 8.08. The van der Waals surface area contributed by atoms with E-state index in [1.165, 1.54) is 30.3 Å². The molecule has 5 nitrogen and oxygen atoms in total. The van der Waals surface area contributed by atoms with Crippen LogP contribution in [0.25, 0.3) is 11.8 Å². The van der Waals surface area contributed by atoms with Crippen molar-refractivity contribution in [2.75, 3.05) is 0 Å². The van der Waals surface area contributed by atoms with Crippen molar-refractivity contribution in [2.45, 2.75) is 18.7 Å². The Bertz CT molecular complexity index is 1160. The molecule has 1 aromatic heterocycles. The summed E-state index contributed by atoms with van der Waals surface area (Å²) in [6.45, 7) is 3.62. The largest absolute Gasteiger partial charge is 0.237 e. The maximum absolute atomic E-state index is 12.8. The zero-order valence-corrected chi connectivity index (χ0v) is 16.3. The molecule has 0 unspecified atom stereocenters. The van der Waals surface area contributed by atoms with E-state index in [9.17, 15) is 13.7 Å². The number of benzene rings is 2. The molecule has 136 valence electrons. The molecule has 0 saturated heterocycles. The standard InChI is InChI=1S/C20H16ClN3O2S/c1-14-20(15(2)24(23-14)17-6-4-3-5-7-17)12-19(13-22)27(25,26)18-10-8-16(21)9-11-18/h3-12H,1-2H3/b19-12+. The van der Waals surface area contributed by atoms with E-state index in [2.05, 4.69) is 5.10 Å². The van der Waals surface area contributed by atoms with Gasteiger partial charge < -0.3 is 0 Å². The Balaban J connectivity index is 2.11. The predicted molar refractivity (Wildman–Crippen MR) is 105 cm³/mol. The summed E-state index contributed by atoms with van der Waals surface area (Å²) < 4.78 is 27.4. The molecule has 3 rings (SSSR count). The quantitative estimate of drug-likeness (QED) is 0.608. The summed E-state index contributed by atoms with van der Waals surface area (Å²) >= 11 is 5.82. The first-order valence-corrected chi connectivity index (χ1v) is 9.95. The third-order valence-electron chi connectivity index (χ3n) is 4.15. The number of nitriles is 1. The highest BCUT2D eigenvalue weighted by molar-refractivity contribution is 7.95. The number of aryl methyl sites for hydroxylation is 1. The third kappa shape index (κ3) is 3.65. The van der Waals surface area contributed by atoms with E-state index >= 15 is 0 Å². The Kier molecular flexibility index (Phi) is 5.17. The molecule has 0 saturated carbocycles. The highest BCUT2D eigenvalue weighted by atomic mass is 35.5. The van der Waals surface area contributed by atoms with E-state index in [1.807, 2.05) is 43.3 Å². The van der Waals surface area contributed by atoms with Gasteiger partial charge in [-0.3, -0.25) is 0 Å². The van der Waals surface area contributed by atoms with E-state index in [-0.39, 0.29) is 9.80 Å². The average Bonchev–Trinajstić information content (AvgIpc) is 2.94. The van der Waals surface area contributed by atoms with Crippen LogP contribution < -0.4 is 0 Å². The van der Waals surface area contributed by atoms with Gasteiger partial charge in [-0.1, -0.05) is 29.8 Å². The van der Waals surface area contributed by atoms with Crippen LogP contribution in [0.15, 0.2) is 64.4 Å². The van der Waals surface area contributed by atoms with Gasteiger partial charge in [0.2, 0.25) is 9.84 Å². The maximum Gasteiger partial charge on any atom is 0.216 e. The van der Waals surface area contributed by atoms with Gasteiger partial charge in [0.25, 0.3) is 0 Å². The first kappa shape index (κ1) is 18.9. The molecular formula is C20H16ClN3O2S. The number of aromatic nitrogens is 2. The molecule has 2 aromatic carbocycles. The Hall–Kier alpha value is -2.88. The topological polar surface area (TPSA) is 75.8 Å². The van der Waals surface area contributed by atoms with Crippen molar-refractivity contribution >= 4 is 27.5 Å². The van der Waals surface area contributed by atoms with Crippen molar-refractivity contribution in [3.8, 4) is 11.8 Å². The van der Waals surface area contributed by atoms with Crippen molar-refractivity contribution in [1.29, 1.82) is 5.26 Å². The molecule has 1 heterocycles. The normalized spacial score (nSPS) is 12.0. The number of rotatable bonds is 4. The lowest BCUT2D eigenvalue weighted by atomic mass is 10.2. The number of sulfone groups is 1. The van der Waals surface area contributed by atoms with Gasteiger partial charge in [0.05, 0.1) is 16.3 Å². The van der Waals surface area contributed by atoms with Gasteiger partial charge >= 0.3 is 0 Å². The third-order valence-corrected chi connectivity index (χ3v) is 6.08. The Morgan fingerprint density at radius 3 is 2.33 bits per heavy atom. The summed E-state index contributed by atoms with van der Waals surface area (Å²) in [5, 5.41) is 14.4. The van der Waals surface area contributed by atoms with Crippen molar-refractivity contribution in [3.63, 3.8) is 0 Å². The number of halogens is 1. The number of allylic oxidation sites excluding steroid dienone is 1. The first-order chi connectivity index (χ1) is 12.8. The van der Waals surface area contributed by atoms with Gasteiger partial charge in [-0.25, -0.2) is 13.1 Å². The number of para-hydroxylation sites is 1. The molecule has 0 bridgehead atoms. The fraction of sp³-hybridized carbons (Fsp3) is 0.100. The SMILES string of the molecule is Cc1nn(-c2ccccc2)c(C)c1/C=C(\C#N)S(=O)(=O)c1ccc(Cl)cc1. The molecule has 0 radical (unpaired) electrons. The summed E-state index contributed by atoms with van der Waals surface area (Å²) in [5.74, 6) is 0. The van der Waals surface area contributed by atoms with Crippen LogP contribution in [0.5, 0.6) is 0 Å². The van der Waals surface area contributed by atoms with Crippen LogP contribution in [0.1, 0.15) is 17.0 Å². The van der Waals surface area contributed by atoms with Crippen LogP contribution in [-0.2, 0) is 9.84 Å². The van der Waals surface area contributed by atoms with Crippen LogP contribution in [0.2, 0.25) is 5.02 Å². The highest BCUT2D eigenvalue weighted by Crippen LogP contribution is 2.26. The van der Waals surface area contributed by atoms with Crippen molar-refractivity contribution in [3.05, 3.63) is 81.5 Å². The maximum atomic E-state index is 12.8. The van der Waals surface area contributed by atoms with Gasteiger partial charge in [0, 0.05) is 16.3 Å². The minimum atomic E-state index is -3.95. The summed E-state index contributed by atoms with van der Waals surface area (Å²) in [7, 11) is -3.95. The molecule has 0 fully saturated rings.